The predicted molar refractivity (Wildman–Crippen MR) is 59.3 cm³/mol. The van der Waals surface area contributed by atoms with E-state index in [1.165, 1.54) is 6.42 Å². The molecule has 0 aliphatic heterocycles. The first kappa shape index (κ1) is 12.5. The molecular weight excluding hydrogens is 192 g/mol. The van der Waals surface area contributed by atoms with E-state index >= 15 is 0 Å². The van der Waals surface area contributed by atoms with Crippen LogP contribution in [0.15, 0.2) is 0 Å². The van der Waals surface area contributed by atoms with Crippen LogP contribution in [-0.2, 0) is 4.79 Å². The molecule has 0 radical (unpaired) electrons. The van der Waals surface area contributed by atoms with Gasteiger partial charge in [-0.05, 0) is 12.8 Å². The van der Waals surface area contributed by atoms with E-state index in [0.29, 0.717) is 6.54 Å². The van der Waals surface area contributed by atoms with Crippen LogP contribution in [0.1, 0.15) is 39.0 Å². The van der Waals surface area contributed by atoms with Crippen LogP contribution >= 0.6 is 0 Å². The van der Waals surface area contributed by atoms with Gasteiger partial charge >= 0.3 is 0 Å². The molecule has 1 aliphatic rings. The fourth-order valence-electron chi connectivity index (χ4n) is 2.09. The minimum absolute atomic E-state index is 0.151. The van der Waals surface area contributed by atoms with Crippen LogP contribution in [0, 0.1) is 5.92 Å². The highest BCUT2D eigenvalue weighted by molar-refractivity contribution is 5.76. The van der Waals surface area contributed by atoms with E-state index in [-0.39, 0.29) is 24.0 Å². The number of aliphatic hydroxyl groups excluding tert-OH is 1. The lowest BCUT2D eigenvalue weighted by atomic mass is 9.82. The van der Waals surface area contributed by atoms with Gasteiger partial charge in [0, 0.05) is 18.0 Å². The van der Waals surface area contributed by atoms with Gasteiger partial charge in [0.1, 0.15) is 0 Å². The number of rotatable bonds is 5. The SMILES string of the molecule is CC(CNC1(CO)CCCCC1)C(N)=O. The number of primary amides is 1. The molecule has 88 valence electrons. The number of aliphatic hydroxyl groups is 1. The Kier molecular flexibility index (Phi) is 4.54. The van der Waals surface area contributed by atoms with Gasteiger partial charge in [0.25, 0.3) is 0 Å². The molecule has 0 aromatic carbocycles. The number of hydrogen-bond acceptors (Lipinski definition) is 3. The smallest absolute Gasteiger partial charge is 0.221 e. The van der Waals surface area contributed by atoms with E-state index in [0.717, 1.165) is 25.7 Å². The molecule has 1 atom stereocenters. The van der Waals surface area contributed by atoms with Crippen molar-refractivity contribution in [2.45, 2.75) is 44.6 Å². The van der Waals surface area contributed by atoms with Crippen LogP contribution in [0.2, 0.25) is 0 Å². The van der Waals surface area contributed by atoms with Gasteiger partial charge in [-0.2, -0.15) is 0 Å². The third-order valence-electron chi connectivity index (χ3n) is 3.38. The van der Waals surface area contributed by atoms with Gasteiger partial charge in [0.05, 0.1) is 6.61 Å². The summed E-state index contributed by atoms with van der Waals surface area (Å²) in [6, 6.07) is 0. The highest BCUT2D eigenvalue weighted by Gasteiger charge is 2.31. The second kappa shape index (κ2) is 5.47. The van der Waals surface area contributed by atoms with Crippen molar-refractivity contribution in [2.24, 2.45) is 11.7 Å². The molecule has 4 N–H and O–H groups in total. The minimum atomic E-state index is -0.286. The largest absolute Gasteiger partial charge is 0.394 e. The second-order valence-corrected chi connectivity index (χ2v) is 4.68. The molecule has 1 rings (SSSR count). The average molecular weight is 214 g/mol. The molecule has 0 saturated heterocycles. The van der Waals surface area contributed by atoms with Gasteiger partial charge < -0.3 is 16.2 Å². The summed E-state index contributed by atoms with van der Waals surface area (Å²) in [7, 11) is 0. The van der Waals surface area contributed by atoms with Gasteiger partial charge in [-0.3, -0.25) is 4.79 Å². The third-order valence-corrected chi connectivity index (χ3v) is 3.38. The quantitative estimate of drug-likeness (QED) is 0.620. The summed E-state index contributed by atoms with van der Waals surface area (Å²) >= 11 is 0. The van der Waals surface area contributed by atoms with Crippen LogP contribution < -0.4 is 11.1 Å². The summed E-state index contributed by atoms with van der Waals surface area (Å²) in [5.74, 6) is -0.457. The Labute approximate surface area is 91.2 Å². The zero-order valence-corrected chi connectivity index (χ0v) is 9.46. The molecular formula is C11H22N2O2. The maximum Gasteiger partial charge on any atom is 0.221 e. The first-order valence-corrected chi connectivity index (χ1v) is 5.75. The Bertz CT molecular complexity index is 213. The van der Waals surface area contributed by atoms with Crippen molar-refractivity contribution < 1.29 is 9.90 Å². The topological polar surface area (TPSA) is 75.3 Å². The summed E-state index contributed by atoms with van der Waals surface area (Å²) in [6.45, 7) is 2.53. The molecule has 0 bridgehead atoms. The van der Waals surface area contributed by atoms with Gasteiger partial charge in [0.2, 0.25) is 5.91 Å². The standard InChI is InChI=1S/C11H22N2O2/c1-9(10(12)15)7-13-11(8-14)5-3-2-4-6-11/h9,13-14H,2-8H2,1H3,(H2,12,15). The van der Waals surface area contributed by atoms with Crippen molar-refractivity contribution in [1.82, 2.24) is 5.32 Å². The molecule has 0 heterocycles. The van der Waals surface area contributed by atoms with Crippen LogP contribution in [-0.4, -0.2) is 29.7 Å². The van der Waals surface area contributed by atoms with Crippen molar-refractivity contribution >= 4 is 5.91 Å². The van der Waals surface area contributed by atoms with Crippen LogP contribution in [0.4, 0.5) is 0 Å². The zero-order chi connectivity index (χ0) is 11.3. The summed E-state index contributed by atoms with van der Waals surface area (Å²) in [5, 5.41) is 12.7. The van der Waals surface area contributed by atoms with Crippen molar-refractivity contribution in [2.75, 3.05) is 13.2 Å². The number of carbonyl (C=O) groups excluding carboxylic acids is 1. The van der Waals surface area contributed by atoms with Gasteiger partial charge in [-0.15, -0.1) is 0 Å². The van der Waals surface area contributed by atoms with Crippen LogP contribution in [0.5, 0.6) is 0 Å². The molecule has 15 heavy (non-hydrogen) atoms. The van der Waals surface area contributed by atoms with E-state index in [1.54, 1.807) is 0 Å². The lowest BCUT2D eigenvalue weighted by Crippen LogP contribution is -2.52. The Morgan fingerprint density at radius 1 is 1.47 bits per heavy atom. The van der Waals surface area contributed by atoms with Crippen LogP contribution in [0.3, 0.4) is 0 Å². The Hall–Kier alpha value is -0.610. The van der Waals surface area contributed by atoms with E-state index < -0.39 is 0 Å². The third kappa shape index (κ3) is 3.47. The predicted octanol–water partition coefficient (Wildman–Crippen LogP) is 0.393. The number of hydrogen-bond donors (Lipinski definition) is 3. The fraction of sp³-hybridized carbons (Fsp3) is 0.909. The molecule has 4 nitrogen and oxygen atoms in total. The molecule has 0 aromatic heterocycles. The van der Waals surface area contributed by atoms with Crippen molar-refractivity contribution in [3.05, 3.63) is 0 Å². The number of carbonyl (C=O) groups is 1. The molecule has 1 saturated carbocycles. The van der Waals surface area contributed by atoms with Crippen molar-refractivity contribution in [1.29, 1.82) is 0 Å². The first-order valence-electron chi connectivity index (χ1n) is 5.75. The number of amides is 1. The van der Waals surface area contributed by atoms with Gasteiger partial charge in [-0.25, -0.2) is 0 Å². The monoisotopic (exact) mass is 214 g/mol. The number of nitrogens with two attached hydrogens (primary N) is 1. The average Bonchev–Trinajstić information content (AvgIpc) is 2.27. The molecule has 1 fully saturated rings. The van der Waals surface area contributed by atoms with E-state index in [2.05, 4.69) is 5.32 Å². The Balaban J connectivity index is 2.42. The van der Waals surface area contributed by atoms with Crippen LogP contribution in [0.25, 0.3) is 0 Å². The second-order valence-electron chi connectivity index (χ2n) is 4.68. The lowest BCUT2D eigenvalue weighted by molar-refractivity contribution is -0.121. The summed E-state index contributed by atoms with van der Waals surface area (Å²) < 4.78 is 0. The molecule has 1 amide bonds. The highest BCUT2D eigenvalue weighted by atomic mass is 16.3. The molecule has 1 unspecified atom stereocenters. The number of nitrogens with one attached hydrogen (secondary N) is 1. The molecule has 1 aliphatic carbocycles. The van der Waals surface area contributed by atoms with Crippen molar-refractivity contribution in [3.63, 3.8) is 0 Å². The Morgan fingerprint density at radius 2 is 2.07 bits per heavy atom. The lowest BCUT2D eigenvalue weighted by Gasteiger charge is -2.37. The minimum Gasteiger partial charge on any atom is -0.394 e. The summed E-state index contributed by atoms with van der Waals surface area (Å²) in [4.78, 5) is 10.9. The normalized spacial score (nSPS) is 22.3. The van der Waals surface area contributed by atoms with E-state index in [4.69, 9.17) is 5.73 Å². The summed E-state index contributed by atoms with van der Waals surface area (Å²) in [6.07, 6.45) is 5.54. The van der Waals surface area contributed by atoms with Gasteiger partial charge in [-0.1, -0.05) is 26.2 Å². The van der Waals surface area contributed by atoms with Gasteiger partial charge in [0.15, 0.2) is 0 Å². The first-order chi connectivity index (χ1) is 7.09. The maximum absolute atomic E-state index is 10.9. The molecule has 0 aromatic rings. The fourth-order valence-corrected chi connectivity index (χ4v) is 2.09. The molecule has 4 heteroatoms. The zero-order valence-electron chi connectivity index (χ0n) is 9.46. The highest BCUT2D eigenvalue weighted by Crippen LogP contribution is 2.27. The van der Waals surface area contributed by atoms with Crippen molar-refractivity contribution in [3.8, 4) is 0 Å². The van der Waals surface area contributed by atoms with E-state index in [9.17, 15) is 9.90 Å². The summed E-state index contributed by atoms with van der Waals surface area (Å²) in [5.41, 5.74) is 5.03. The maximum atomic E-state index is 10.9. The Morgan fingerprint density at radius 3 is 2.53 bits per heavy atom. The van der Waals surface area contributed by atoms with E-state index in [1.807, 2.05) is 6.92 Å². The molecule has 0 spiro atoms.